The van der Waals surface area contributed by atoms with E-state index in [4.69, 9.17) is 16.3 Å². The molecule has 2 heterocycles. The Kier molecular flexibility index (Phi) is 3.38. The average Bonchev–Trinajstić information content (AvgIpc) is 2.84. The molecule has 0 saturated heterocycles. The highest BCUT2D eigenvalue weighted by atomic mass is 35.5. The molecule has 0 atom stereocenters. The Bertz CT molecular complexity index is 645. The lowest BCUT2D eigenvalue weighted by Gasteiger charge is -2.12. The molecule has 0 fully saturated rings. The molecular formula is C16H17ClN2O. The van der Waals surface area contributed by atoms with Crippen LogP contribution in [-0.4, -0.2) is 16.6 Å². The Morgan fingerprint density at radius 3 is 2.75 bits per heavy atom. The quantitative estimate of drug-likeness (QED) is 0.778. The van der Waals surface area contributed by atoms with Gasteiger partial charge < -0.3 is 4.74 Å². The zero-order valence-electron chi connectivity index (χ0n) is 11.9. The van der Waals surface area contributed by atoms with Gasteiger partial charge in [0.1, 0.15) is 10.9 Å². The third-order valence-electron chi connectivity index (χ3n) is 3.61. The highest BCUT2D eigenvalue weighted by molar-refractivity contribution is 6.30. The van der Waals surface area contributed by atoms with Crippen LogP contribution in [0.25, 0.3) is 11.4 Å². The van der Waals surface area contributed by atoms with Gasteiger partial charge in [-0.15, -0.1) is 0 Å². The van der Waals surface area contributed by atoms with Crippen molar-refractivity contribution in [1.29, 1.82) is 0 Å². The molecule has 0 saturated carbocycles. The highest BCUT2D eigenvalue weighted by Gasteiger charge is 2.17. The van der Waals surface area contributed by atoms with Crippen LogP contribution >= 0.6 is 11.6 Å². The van der Waals surface area contributed by atoms with Gasteiger partial charge in [0, 0.05) is 23.2 Å². The van der Waals surface area contributed by atoms with E-state index in [1.165, 1.54) is 5.56 Å². The molecule has 3 rings (SSSR count). The van der Waals surface area contributed by atoms with Crippen LogP contribution in [0.15, 0.2) is 18.2 Å². The van der Waals surface area contributed by atoms with Gasteiger partial charge in [0.15, 0.2) is 5.82 Å². The summed E-state index contributed by atoms with van der Waals surface area (Å²) in [5.41, 5.74) is 4.19. The van der Waals surface area contributed by atoms with E-state index in [1.807, 2.05) is 19.1 Å². The molecule has 0 radical (unpaired) electrons. The van der Waals surface area contributed by atoms with Crippen molar-refractivity contribution in [2.24, 2.45) is 0 Å². The number of benzene rings is 1. The van der Waals surface area contributed by atoms with Crippen molar-refractivity contribution in [2.45, 2.75) is 33.1 Å². The number of ether oxygens (including phenoxy) is 1. The predicted molar refractivity (Wildman–Crippen MR) is 80.5 cm³/mol. The third kappa shape index (κ3) is 2.27. The second kappa shape index (κ2) is 5.06. The first kappa shape index (κ1) is 13.4. The molecule has 2 aromatic rings. The molecule has 0 spiro atoms. The van der Waals surface area contributed by atoms with Crippen molar-refractivity contribution in [3.63, 3.8) is 0 Å². The molecule has 4 heteroatoms. The average molecular weight is 289 g/mol. The molecule has 1 aromatic carbocycles. The summed E-state index contributed by atoms with van der Waals surface area (Å²) in [5.74, 6) is 1.98. The second-order valence-electron chi connectivity index (χ2n) is 5.41. The van der Waals surface area contributed by atoms with Gasteiger partial charge in [-0.05, 0) is 36.6 Å². The Morgan fingerprint density at radius 1 is 1.25 bits per heavy atom. The van der Waals surface area contributed by atoms with E-state index in [1.54, 1.807) is 0 Å². The molecular weight excluding hydrogens is 272 g/mol. The first-order chi connectivity index (χ1) is 9.56. The van der Waals surface area contributed by atoms with Crippen LogP contribution in [0, 0.1) is 6.92 Å². The number of fused-ring (bicyclic) bond motifs is 1. The number of rotatable bonds is 2. The Balaban J connectivity index is 2.07. The number of halogens is 1. The molecule has 104 valence electrons. The summed E-state index contributed by atoms with van der Waals surface area (Å²) in [7, 11) is 0. The Labute approximate surface area is 124 Å². The second-order valence-corrected chi connectivity index (χ2v) is 5.77. The van der Waals surface area contributed by atoms with Gasteiger partial charge >= 0.3 is 0 Å². The minimum atomic E-state index is 0.324. The summed E-state index contributed by atoms with van der Waals surface area (Å²) in [5, 5.41) is 0.555. The Hall–Kier alpha value is -1.61. The fraction of sp³-hybridized carbons (Fsp3) is 0.375. The molecule has 0 unspecified atom stereocenters. The lowest BCUT2D eigenvalue weighted by Crippen LogP contribution is -2.02. The zero-order chi connectivity index (χ0) is 14.3. The van der Waals surface area contributed by atoms with E-state index in [-0.39, 0.29) is 0 Å². The standard InChI is InChI=1S/C16H17ClN2O/c1-9(2)14-10(3)18-16(19-15(14)17)12-4-5-13-11(8-12)6-7-20-13/h4-5,8-9H,6-7H2,1-3H3. The SMILES string of the molecule is Cc1nc(-c2ccc3c(c2)CCO3)nc(Cl)c1C(C)C. The van der Waals surface area contributed by atoms with Crippen LogP contribution in [0.5, 0.6) is 5.75 Å². The molecule has 0 aliphatic carbocycles. The molecule has 3 nitrogen and oxygen atoms in total. The van der Waals surface area contributed by atoms with E-state index < -0.39 is 0 Å². The van der Waals surface area contributed by atoms with Crippen molar-refractivity contribution in [3.8, 4) is 17.1 Å². The number of nitrogens with zero attached hydrogens (tertiary/aromatic N) is 2. The van der Waals surface area contributed by atoms with Crippen LogP contribution in [0.1, 0.15) is 36.6 Å². The van der Waals surface area contributed by atoms with Gasteiger partial charge in [-0.1, -0.05) is 25.4 Å². The summed E-state index contributed by atoms with van der Waals surface area (Å²) in [4.78, 5) is 9.08. The fourth-order valence-corrected chi connectivity index (χ4v) is 3.09. The van der Waals surface area contributed by atoms with E-state index in [2.05, 4.69) is 29.9 Å². The summed E-state index contributed by atoms with van der Waals surface area (Å²) >= 11 is 6.32. The fourth-order valence-electron chi connectivity index (χ4n) is 2.66. The highest BCUT2D eigenvalue weighted by Crippen LogP contribution is 2.31. The maximum Gasteiger partial charge on any atom is 0.161 e. The maximum atomic E-state index is 6.32. The first-order valence-electron chi connectivity index (χ1n) is 6.86. The number of hydrogen-bond acceptors (Lipinski definition) is 3. The predicted octanol–water partition coefficient (Wildman–Crippen LogP) is 4.16. The van der Waals surface area contributed by atoms with Crippen molar-refractivity contribution in [1.82, 2.24) is 9.97 Å². The van der Waals surface area contributed by atoms with E-state index in [0.29, 0.717) is 16.9 Å². The van der Waals surface area contributed by atoms with Gasteiger partial charge in [-0.3, -0.25) is 0 Å². The number of aryl methyl sites for hydroxylation is 1. The summed E-state index contributed by atoms with van der Waals surface area (Å²) in [6, 6.07) is 6.08. The molecule has 0 N–H and O–H groups in total. The lowest BCUT2D eigenvalue weighted by atomic mass is 10.0. The topological polar surface area (TPSA) is 35.0 Å². The van der Waals surface area contributed by atoms with Gasteiger partial charge in [-0.25, -0.2) is 9.97 Å². The monoisotopic (exact) mass is 288 g/mol. The number of aromatic nitrogens is 2. The van der Waals surface area contributed by atoms with Crippen LogP contribution in [-0.2, 0) is 6.42 Å². The van der Waals surface area contributed by atoms with Crippen molar-refractivity contribution >= 4 is 11.6 Å². The number of hydrogen-bond donors (Lipinski definition) is 0. The molecule has 0 bridgehead atoms. The van der Waals surface area contributed by atoms with Crippen molar-refractivity contribution < 1.29 is 4.74 Å². The third-order valence-corrected chi connectivity index (χ3v) is 3.90. The van der Waals surface area contributed by atoms with E-state index >= 15 is 0 Å². The minimum absolute atomic E-state index is 0.324. The van der Waals surface area contributed by atoms with Crippen LogP contribution < -0.4 is 4.74 Å². The van der Waals surface area contributed by atoms with E-state index in [9.17, 15) is 0 Å². The summed E-state index contributed by atoms with van der Waals surface area (Å²) in [6.07, 6.45) is 0.944. The van der Waals surface area contributed by atoms with Crippen molar-refractivity contribution in [2.75, 3.05) is 6.61 Å². The zero-order valence-corrected chi connectivity index (χ0v) is 12.7. The normalized spacial score (nSPS) is 13.4. The van der Waals surface area contributed by atoms with Crippen LogP contribution in [0.4, 0.5) is 0 Å². The molecule has 1 aliphatic rings. The maximum absolute atomic E-state index is 6.32. The first-order valence-corrected chi connectivity index (χ1v) is 7.24. The van der Waals surface area contributed by atoms with Gasteiger partial charge in [0.2, 0.25) is 0 Å². The summed E-state index contributed by atoms with van der Waals surface area (Å²) < 4.78 is 5.52. The molecule has 0 amide bonds. The lowest BCUT2D eigenvalue weighted by molar-refractivity contribution is 0.357. The molecule has 1 aromatic heterocycles. The van der Waals surface area contributed by atoms with Crippen molar-refractivity contribution in [3.05, 3.63) is 40.2 Å². The van der Waals surface area contributed by atoms with Gasteiger partial charge in [0.05, 0.1) is 6.61 Å². The molecule has 1 aliphatic heterocycles. The minimum Gasteiger partial charge on any atom is -0.493 e. The van der Waals surface area contributed by atoms with Gasteiger partial charge in [-0.2, -0.15) is 0 Å². The van der Waals surface area contributed by atoms with Crippen LogP contribution in [0.3, 0.4) is 0 Å². The summed E-state index contributed by atoms with van der Waals surface area (Å²) in [6.45, 7) is 6.95. The largest absolute Gasteiger partial charge is 0.493 e. The molecule has 20 heavy (non-hydrogen) atoms. The van der Waals surface area contributed by atoms with Gasteiger partial charge in [0.25, 0.3) is 0 Å². The van der Waals surface area contributed by atoms with E-state index in [0.717, 1.165) is 35.6 Å². The van der Waals surface area contributed by atoms with Crippen LogP contribution in [0.2, 0.25) is 5.15 Å². The Morgan fingerprint density at radius 2 is 2.05 bits per heavy atom. The smallest absolute Gasteiger partial charge is 0.161 e.